The number of fused-ring (bicyclic) bond motifs is 8. The van der Waals surface area contributed by atoms with Crippen LogP contribution in [0.4, 0.5) is 0 Å². The van der Waals surface area contributed by atoms with Gasteiger partial charge in [-0.2, -0.15) is 4.57 Å². The van der Waals surface area contributed by atoms with Crippen LogP contribution in [-0.2, 0) is 26.4 Å². The molecule has 0 aliphatic carbocycles. The Morgan fingerprint density at radius 3 is 2.21 bits per heavy atom. The zero-order chi connectivity index (χ0) is 26.1. The van der Waals surface area contributed by atoms with Crippen LogP contribution in [0.1, 0.15) is 44.4 Å². The Labute approximate surface area is 225 Å². The lowest BCUT2D eigenvalue weighted by atomic mass is 9.91. The van der Waals surface area contributed by atoms with E-state index >= 15 is 0 Å². The number of hydrogen-bond donors (Lipinski definition) is 0. The van der Waals surface area contributed by atoms with Crippen LogP contribution < -0.4 is 4.57 Å². The van der Waals surface area contributed by atoms with Crippen molar-refractivity contribution in [1.82, 2.24) is 9.13 Å². The van der Waals surface area contributed by atoms with Gasteiger partial charge in [-0.15, -0.1) is 0 Å². The molecule has 190 valence electrons. The Bertz CT molecular complexity index is 1860. The van der Waals surface area contributed by atoms with Crippen molar-refractivity contribution < 1.29 is 4.57 Å². The maximum Gasteiger partial charge on any atom is 0.295 e. The third-order valence-corrected chi connectivity index (χ3v) is 8.25. The minimum atomic E-state index is 0.558. The normalized spacial score (nSPS) is 12.9. The number of para-hydroxylation sites is 3. The third kappa shape index (κ3) is 3.31. The fraction of sp³-hybridized carbons (Fsp3) is 0.286. The van der Waals surface area contributed by atoms with Crippen molar-refractivity contribution in [2.75, 3.05) is 0 Å². The maximum absolute atomic E-state index is 2.60. The predicted octanol–water partition coefficient (Wildman–Crippen LogP) is 7.99. The van der Waals surface area contributed by atoms with Crippen LogP contribution in [0.15, 0.2) is 78.9 Å². The Morgan fingerprint density at radius 2 is 1.42 bits per heavy atom. The van der Waals surface area contributed by atoms with Crippen LogP contribution in [0.3, 0.4) is 0 Å². The van der Waals surface area contributed by atoms with Crippen molar-refractivity contribution in [3.8, 4) is 17.1 Å². The summed E-state index contributed by atoms with van der Waals surface area (Å²) >= 11 is 0. The summed E-state index contributed by atoms with van der Waals surface area (Å²) in [4.78, 5) is 0. The first-order valence-electron chi connectivity index (χ1n) is 14.1. The number of hydrogen-bond acceptors (Lipinski definition) is 0. The second-order valence-electron chi connectivity index (χ2n) is 11.9. The number of rotatable bonds is 5. The van der Waals surface area contributed by atoms with E-state index in [1.165, 1.54) is 66.6 Å². The molecule has 0 atom stereocenters. The van der Waals surface area contributed by atoms with Crippen LogP contribution in [0.25, 0.3) is 49.9 Å². The molecule has 0 saturated carbocycles. The van der Waals surface area contributed by atoms with E-state index < -0.39 is 0 Å². The highest BCUT2D eigenvalue weighted by molar-refractivity contribution is 6.13. The molecule has 3 nitrogen and oxygen atoms in total. The third-order valence-electron chi connectivity index (χ3n) is 8.25. The largest absolute Gasteiger partial charge is 0.340 e. The first-order chi connectivity index (χ1) is 18.4. The second-order valence-corrected chi connectivity index (χ2v) is 11.9. The molecule has 0 spiro atoms. The number of nitrogens with zero attached hydrogens (tertiary/aromatic N) is 3. The molecule has 0 fully saturated rings. The molecule has 4 aromatic carbocycles. The van der Waals surface area contributed by atoms with Crippen LogP contribution in [0, 0.1) is 11.8 Å². The summed E-state index contributed by atoms with van der Waals surface area (Å²) in [6.45, 7) is 10.3. The Hall–Kier alpha value is -3.85. The molecule has 0 saturated heterocycles. The molecule has 1 aliphatic heterocycles. The monoisotopic (exact) mass is 498 g/mol. The van der Waals surface area contributed by atoms with E-state index in [2.05, 4.69) is 127 Å². The minimum Gasteiger partial charge on any atom is -0.340 e. The summed E-state index contributed by atoms with van der Waals surface area (Å²) in [6.07, 6.45) is 2.13. The van der Waals surface area contributed by atoms with E-state index in [0.29, 0.717) is 11.8 Å². The standard InChI is InChI=1S/C35H36N3/c1-22(2)18-25-20-26(19-23(3)4)33(34-32(25)28-14-8-9-15-29(28)36(34)5)38-31-17-11-10-16-30(31)37-21-24-12-6-7-13-27(24)35(37)38/h6-17,20,22-23H,18-19,21H2,1-5H3/q+1. The molecule has 0 radical (unpaired) electrons. The maximum atomic E-state index is 2.60. The molecule has 7 rings (SSSR count). The summed E-state index contributed by atoms with van der Waals surface area (Å²) in [5, 5.41) is 2.78. The van der Waals surface area contributed by atoms with Gasteiger partial charge in [0.1, 0.15) is 6.54 Å². The average Bonchev–Trinajstić information content (AvgIpc) is 3.52. The van der Waals surface area contributed by atoms with E-state index in [9.17, 15) is 0 Å². The smallest absolute Gasteiger partial charge is 0.295 e. The highest BCUT2D eigenvalue weighted by atomic mass is 15.2. The SMILES string of the molecule is CC(C)Cc1cc(CC(C)C)c2c3ccccc3n(C)c2c1-n1c2[n+](c3ccccc31)Cc1ccccc1-2. The summed E-state index contributed by atoms with van der Waals surface area (Å²) in [7, 11) is 2.26. The Morgan fingerprint density at radius 1 is 0.763 bits per heavy atom. The van der Waals surface area contributed by atoms with Crippen molar-refractivity contribution in [2.45, 2.75) is 47.1 Å². The van der Waals surface area contributed by atoms with Gasteiger partial charge in [-0.05, 0) is 54.5 Å². The second kappa shape index (κ2) is 8.59. The lowest BCUT2D eigenvalue weighted by Gasteiger charge is -2.17. The van der Waals surface area contributed by atoms with E-state index in [0.717, 1.165) is 19.4 Å². The van der Waals surface area contributed by atoms with Crippen molar-refractivity contribution in [2.24, 2.45) is 18.9 Å². The summed E-state index contributed by atoms with van der Waals surface area (Å²) < 4.78 is 7.58. The molecule has 3 heterocycles. The lowest BCUT2D eigenvalue weighted by molar-refractivity contribution is -0.645. The van der Waals surface area contributed by atoms with E-state index in [1.54, 1.807) is 0 Å². The lowest BCUT2D eigenvalue weighted by Crippen LogP contribution is -2.31. The van der Waals surface area contributed by atoms with Gasteiger partial charge < -0.3 is 4.57 Å². The first-order valence-corrected chi connectivity index (χ1v) is 14.1. The molecule has 6 aromatic rings. The van der Waals surface area contributed by atoms with Gasteiger partial charge in [0, 0.05) is 34.5 Å². The minimum absolute atomic E-state index is 0.558. The first kappa shape index (κ1) is 23.3. The quantitative estimate of drug-likeness (QED) is 0.214. The van der Waals surface area contributed by atoms with E-state index in [-0.39, 0.29) is 0 Å². The van der Waals surface area contributed by atoms with Gasteiger partial charge in [-0.3, -0.25) is 0 Å². The fourth-order valence-corrected chi connectivity index (χ4v) is 6.87. The van der Waals surface area contributed by atoms with Gasteiger partial charge in [0.15, 0.2) is 16.7 Å². The highest BCUT2D eigenvalue weighted by Crippen LogP contribution is 2.42. The molecule has 1 aliphatic rings. The van der Waals surface area contributed by atoms with Crippen molar-refractivity contribution in [3.63, 3.8) is 0 Å². The molecule has 0 bridgehead atoms. The average molecular weight is 499 g/mol. The number of aromatic nitrogens is 3. The summed E-state index contributed by atoms with van der Waals surface area (Å²) in [6, 6.07) is 29.4. The van der Waals surface area contributed by atoms with Crippen molar-refractivity contribution in [1.29, 1.82) is 0 Å². The number of aryl methyl sites for hydroxylation is 1. The van der Waals surface area contributed by atoms with Crippen LogP contribution in [0.5, 0.6) is 0 Å². The van der Waals surface area contributed by atoms with Crippen LogP contribution >= 0.6 is 0 Å². The topological polar surface area (TPSA) is 13.7 Å². The molecule has 0 N–H and O–H groups in total. The van der Waals surface area contributed by atoms with Gasteiger partial charge in [-0.1, -0.05) is 82.3 Å². The van der Waals surface area contributed by atoms with Crippen molar-refractivity contribution in [3.05, 3.63) is 95.6 Å². The molecule has 0 amide bonds. The predicted molar refractivity (Wildman–Crippen MR) is 159 cm³/mol. The zero-order valence-electron chi connectivity index (χ0n) is 23.1. The molecule has 38 heavy (non-hydrogen) atoms. The molecule has 3 heteroatoms. The number of benzene rings is 4. The van der Waals surface area contributed by atoms with Gasteiger partial charge in [0.2, 0.25) is 0 Å². The summed E-state index contributed by atoms with van der Waals surface area (Å²) in [5.74, 6) is 2.45. The summed E-state index contributed by atoms with van der Waals surface area (Å²) in [5.41, 5.74) is 12.3. The van der Waals surface area contributed by atoms with Gasteiger partial charge in [0.05, 0.1) is 11.1 Å². The van der Waals surface area contributed by atoms with E-state index in [1.807, 2.05) is 0 Å². The zero-order valence-corrected chi connectivity index (χ0v) is 23.1. The molecule has 2 aromatic heterocycles. The Kier molecular flexibility index (Phi) is 5.26. The van der Waals surface area contributed by atoms with E-state index in [4.69, 9.17) is 0 Å². The van der Waals surface area contributed by atoms with Gasteiger partial charge in [-0.25, -0.2) is 4.57 Å². The number of imidazole rings is 1. The van der Waals surface area contributed by atoms with Gasteiger partial charge >= 0.3 is 0 Å². The molecule has 0 unspecified atom stereocenters. The highest BCUT2D eigenvalue weighted by Gasteiger charge is 2.37. The van der Waals surface area contributed by atoms with Crippen LogP contribution in [-0.4, -0.2) is 9.13 Å². The van der Waals surface area contributed by atoms with Crippen molar-refractivity contribution >= 4 is 32.8 Å². The van der Waals surface area contributed by atoms with Gasteiger partial charge in [0.25, 0.3) is 5.82 Å². The Balaban J connectivity index is 1.71. The molecular weight excluding hydrogens is 462 g/mol. The molecular formula is C35H36N3+. The van der Waals surface area contributed by atoms with Crippen LogP contribution in [0.2, 0.25) is 0 Å². The fourth-order valence-electron chi connectivity index (χ4n) is 6.87.